The number of hydrogen-bond acceptors (Lipinski definition) is 2. The van der Waals surface area contributed by atoms with Crippen LogP contribution in [0.1, 0.15) is 15.9 Å². The second kappa shape index (κ2) is 5.39. The van der Waals surface area contributed by atoms with Gasteiger partial charge in [-0.15, -0.1) is 0 Å². The van der Waals surface area contributed by atoms with Crippen LogP contribution in [0.15, 0.2) is 23.3 Å². The topological polar surface area (TPSA) is 86.1 Å². The third-order valence-corrected chi connectivity index (χ3v) is 1.64. The summed E-state index contributed by atoms with van der Waals surface area (Å²) in [6.45, 7) is -0.0176. The fourth-order valence-electron chi connectivity index (χ4n) is 0.975. The van der Waals surface area contributed by atoms with E-state index in [0.29, 0.717) is 5.56 Å². The van der Waals surface area contributed by atoms with Crippen molar-refractivity contribution in [2.75, 3.05) is 6.54 Å². The Morgan fingerprint density at radius 2 is 2.38 bits per heavy atom. The molecule has 0 saturated heterocycles. The van der Waals surface area contributed by atoms with E-state index in [0.717, 1.165) is 12.1 Å². The van der Waals surface area contributed by atoms with Crippen LogP contribution in [0.5, 0.6) is 0 Å². The normalized spacial score (nSPS) is 8.56. The van der Waals surface area contributed by atoms with Crippen LogP contribution in [-0.4, -0.2) is 17.6 Å². The molecule has 5 nitrogen and oxygen atoms in total. The highest BCUT2D eigenvalue weighted by atomic mass is 19.1. The minimum atomic E-state index is -1.35. The van der Waals surface area contributed by atoms with E-state index >= 15 is 0 Å². The first-order chi connectivity index (χ1) is 7.65. The van der Waals surface area contributed by atoms with Gasteiger partial charge in [-0.3, -0.25) is 0 Å². The molecule has 6 heteroatoms. The molecule has 1 aromatic rings. The van der Waals surface area contributed by atoms with Crippen LogP contribution < -0.4 is 0 Å². The maximum atomic E-state index is 13.0. The number of carbonyl (C=O) groups is 1. The zero-order chi connectivity index (χ0) is 12.0. The SMILES string of the molecule is [N-]=[N+]=NCC#Cc1ccc(F)c(C(=O)O)c1. The average molecular weight is 219 g/mol. The van der Waals surface area contributed by atoms with Gasteiger partial charge >= 0.3 is 5.97 Å². The summed E-state index contributed by atoms with van der Waals surface area (Å²) < 4.78 is 13.0. The van der Waals surface area contributed by atoms with Crippen LogP contribution in [0.2, 0.25) is 0 Å². The van der Waals surface area contributed by atoms with Crippen molar-refractivity contribution in [3.8, 4) is 11.8 Å². The highest BCUT2D eigenvalue weighted by Crippen LogP contribution is 2.09. The molecule has 0 saturated carbocycles. The summed E-state index contributed by atoms with van der Waals surface area (Å²) >= 11 is 0. The summed E-state index contributed by atoms with van der Waals surface area (Å²) in [6, 6.07) is 3.51. The maximum absolute atomic E-state index is 13.0. The largest absolute Gasteiger partial charge is 0.478 e. The Labute approximate surface area is 90.1 Å². The van der Waals surface area contributed by atoms with E-state index in [1.165, 1.54) is 6.07 Å². The summed E-state index contributed by atoms with van der Waals surface area (Å²) in [6.07, 6.45) is 0. The number of aromatic carboxylic acids is 1. The van der Waals surface area contributed by atoms with Crippen molar-refractivity contribution >= 4 is 5.97 Å². The number of halogens is 1. The van der Waals surface area contributed by atoms with E-state index in [1.807, 2.05) is 0 Å². The second-order valence-corrected chi connectivity index (χ2v) is 2.69. The number of nitrogens with zero attached hydrogens (tertiary/aromatic N) is 3. The van der Waals surface area contributed by atoms with Gasteiger partial charge in [0, 0.05) is 10.5 Å². The Morgan fingerprint density at radius 3 is 3.00 bits per heavy atom. The lowest BCUT2D eigenvalue weighted by Crippen LogP contribution is -2.00. The molecule has 0 aliphatic heterocycles. The lowest BCUT2D eigenvalue weighted by atomic mass is 10.1. The zero-order valence-electron chi connectivity index (χ0n) is 8.01. The monoisotopic (exact) mass is 219 g/mol. The first-order valence-corrected chi connectivity index (χ1v) is 4.17. The van der Waals surface area contributed by atoms with Crippen LogP contribution in [0.4, 0.5) is 4.39 Å². The van der Waals surface area contributed by atoms with Gasteiger partial charge in [0.1, 0.15) is 5.82 Å². The molecule has 0 fully saturated rings. The molecule has 0 aromatic heterocycles. The summed E-state index contributed by atoms with van der Waals surface area (Å²) in [5.41, 5.74) is 7.90. The van der Waals surface area contributed by atoms with E-state index in [9.17, 15) is 9.18 Å². The van der Waals surface area contributed by atoms with Crippen molar-refractivity contribution in [1.29, 1.82) is 0 Å². The molecule has 16 heavy (non-hydrogen) atoms. The van der Waals surface area contributed by atoms with Gasteiger partial charge in [0.15, 0.2) is 0 Å². The van der Waals surface area contributed by atoms with Crippen molar-refractivity contribution in [2.24, 2.45) is 5.11 Å². The number of hydrogen-bond donors (Lipinski definition) is 1. The van der Waals surface area contributed by atoms with Crippen LogP contribution in [0.25, 0.3) is 10.4 Å². The van der Waals surface area contributed by atoms with Crippen LogP contribution >= 0.6 is 0 Å². The van der Waals surface area contributed by atoms with E-state index < -0.39 is 17.3 Å². The molecule has 0 aliphatic carbocycles. The molecule has 0 bridgehead atoms. The Bertz CT molecular complexity index is 525. The van der Waals surface area contributed by atoms with Gasteiger partial charge < -0.3 is 5.11 Å². The molecule has 0 aliphatic rings. The Hall–Kier alpha value is -2.51. The first-order valence-electron chi connectivity index (χ1n) is 4.17. The van der Waals surface area contributed by atoms with Gasteiger partial charge in [-0.05, 0) is 23.7 Å². The predicted molar refractivity (Wildman–Crippen MR) is 54.3 cm³/mol. The summed E-state index contributed by atoms with van der Waals surface area (Å²) in [5, 5.41) is 11.8. The fraction of sp³-hybridized carbons (Fsp3) is 0.100. The van der Waals surface area contributed by atoms with Crippen molar-refractivity contribution < 1.29 is 14.3 Å². The molecule has 0 radical (unpaired) electrons. The van der Waals surface area contributed by atoms with E-state index in [1.54, 1.807) is 0 Å². The standard InChI is InChI=1S/C10H6FN3O2/c11-9-4-3-7(2-1-5-13-14-12)6-8(9)10(15)16/h3-4,6H,5H2,(H,15,16). The van der Waals surface area contributed by atoms with Gasteiger partial charge in [0.25, 0.3) is 0 Å². The molecule has 0 spiro atoms. The Balaban J connectivity index is 2.97. The van der Waals surface area contributed by atoms with Gasteiger partial charge in [-0.1, -0.05) is 17.0 Å². The highest BCUT2D eigenvalue weighted by molar-refractivity contribution is 5.88. The molecule has 1 N–H and O–H groups in total. The van der Waals surface area contributed by atoms with Gasteiger partial charge in [-0.25, -0.2) is 9.18 Å². The molecule has 1 aromatic carbocycles. The number of carboxylic acid groups (broad SMARTS) is 1. The third kappa shape index (κ3) is 3.01. The highest BCUT2D eigenvalue weighted by Gasteiger charge is 2.09. The molecule has 0 amide bonds. The quantitative estimate of drug-likeness (QED) is 0.357. The second-order valence-electron chi connectivity index (χ2n) is 2.69. The summed E-state index contributed by atoms with van der Waals surface area (Å²) in [7, 11) is 0. The minimum Gasteiger partial charge on any atom is -0.478 e. The molecular formula is C10H6FN3O2. The van der Waals surface area contributed by atoms with Gasteiger partial charge in [0.2, 0.25) is 0 Å². The molecule has 1 rings (SSSR count). The summed E-state index contributed by atoms with van der Waals surface area (Å²) in [5.74, 6) is 2.90. The molecule has 0 heterocycles. The number of rotatable bonds is 2. The van der Waals surface area contributed by atoms with Crippen molar-refractivity contribution in [2.45, 2.75) is 0 Å². The lowest BCUT2D eigenvalue weighted by molar-refractivity contribution is 0.0692. The molecule has 80 valence electrons. The minimum absolute atomic E-state index is 0.0176. The van der Waals surface area contributed by atoms with E-state index in [4.69, 9.17) is 10.6 Å². The first kappa shape index (κ1) is 11.6. The third-order valence-electron chi connectivity index (χ3n) is 1.64. The smallest absolute Gasteiger partial charge is 0.338 e. The van der Waals surface area contributed by atoms with E-state index in [-0.39, 0.29) is 6.54 Å². The number of azide groups is 1. The van der Waals surface area contributed by atoms with Crippen molar-refractivity contribution in [3.63, 3.8) is 0 Å². The van der Waals surface area contributed by atoms with Gasteiger partial charge in [-0.2, -0.15) is 0 Å². The Kier molecular flexibility index (Phi) is 3.90. The molecular weight excluding hydrogens is 213 g/mol. The van der Waals surface area contributed by atoms with Crippen molar-refractivity contribution in [1.82, 2.24) is 0 Å². The van der Waals surface area contributed by atoms with Gasteiger partial charge in [0.05, 0.1) is 12.1 Å². The molecule has 0 atom stereocenters. The zero-order valence-corrected chi connectivity index (χ0v) is 8.01. The van der Waals surface area contributed by atoms with E-state index in [2.05, 4.69) is 21.9 Å². The predicted octanol–water partition coefficient (Wildman–Crippen LogP) is 2.19. The van der Waals surface area contributed by atoms with Crippen LogP contribution in [0, 0.1) is 17.7 Å². The lowest BCUT2D eigenvalue weighted by Gasteiger charge is -1.97. The Morgan fingerprint density at radius 1 is 1.62 bits per heavy atom. The number of benzene rings is 1. The summed E-state index contributed by atoms with van der Waals surface area (Å²) in [4.78, 5) is 13.1. The van der Waals surface area contributed by atoms with Crippen molar-refractivity contribution in [3.05, 3.63) is 45.6 Å². The van der Waals surface area contributed by atoms with Crippen LogP contribution in [-0.2, 0) is 0 Å². The average Bonchev–Trinajstić information content (AvgIpc) is 2.26. The fourth-order valence-corrected chi connectivity index (χ4v) is 0.975. The van der Waals surface area contributed by atoms with Crippen LogP contribution in [0.3, 0.4) is 0 Å². The maximum Gasteiger partial charge on any atom is 0.338 e. The number of carboxylic acids is 1. The molecule has 0 unspecified atom stereocenters.